The summed E-state index contributed by atoms with van der Waals surface area (Å²) >= 11 is 6.36. The zero-order valence-electron chi connectivity index (χ0n) is 17.5. The van der Waals surface area contributed by atoms with Crippen molar-refractivity contribution in [1.82, 2.24) is 10.2 Å². The molecule has 1 unspecified atom stereocenters. The number of nitrogens with one attached hydrogen (secondary N) is 1. The first-order valence-electron chi connectivity index (χ1n) is 9.44. The quantitative estimate of drug-likeness (QED) is 0.312. The van der Waals surface area contributed by atoms with Crippen LogP contribution in [-0.2, 0) is 19.2 Å². The number of benzene rings is 1. The van der Waals surface area contributed by atoms with E-state index in [2.05, 4.69) is 5.32 Å². The summed E-state index contributed by atoms with van der Waals surface area (Å²) in [6, 6.07) is 3.95. The summed E-state index contributed by atoms with van der Waals surface area (Å²) in [4.78, 5) is 48.6. The lowest BCUT2D eigenvalue weighted by atomic mass is 10.1. The van der Waals surface area contributed by atoms with Crippen molar-refractivity contribution in [2.24, 2.45) is 5.73 Å². The smallest absolute Gasteiger partial charge is 0.326 e. The Hall–Kier alpha value is -3.12. The molecule has 1 heterocycles. The molecule has 172 valence electrons. The van der Waals surface area contributed by atoms with E-state index in [0.29, 0.717) is 22.0 Å². The molecule has 1 fully saturated rings. The zero-order valence-corrected chi connectivity index (χ0v) is 19.1. The van der Waals surface area contributed by atoms with Gasteiger partial charge in [-0.25, -0.2) is 4.79 Å². The van der Waals surface area contributed by atoms with Crippen molar-refractivity contribution >= 4 is 58.1 Å². The highest BCUT2D eigenvalue weighted by atomic mass is 32.2. The van der Waals surface area contributed by atoms with Crippen LogP contribution in [0.3, 0.4) is 0 Å². The number of carbonyl (C=O) groups is 4. The molecule has 1 saturated heterocycles. The number of carboxylic acids is 1. The first-order chi connectivity index (χ1) is 15.2. The Kier molecular flexibility index (Phi) is 9.02. The van der Waals surface area contributed by atoms with Gasteiger partial charge in [-0.1, -0.05) is 30.0 Å². The van der Waals surface area contributed by atoms with Crippen LogP contribution in [0.25, 0.3) is 6.08 Å². The van der Waals surface area contributed by atoms with Gasteiger partial charge in [-0.3, -0.25) is 19.3 Å². The van der Waals surface area contributed by atoms with Gasteiger partial charge in [0.25, 0.3) is 5.91 Å². The number of nitrogens with zero attached hydrogens (tertiary/aromatic N) is 1. The van der Waals surface area contributed by atoms with E-state index in [1.54, 1.807) is 24.3 Å². The van der Waals surface area contributed by atoms with Crippen molar-refractivity contribution < 1.29 is 33.8 Å². The molecule has 1 aliphatic rings. The maximum Gasteiger partial charge on any atom is 0.326 e. The van der Waals surface area contributed by atoms with Gasteiger partial charge in [0, 0.05) is 19.4 Å². The molecule has 1 aromatic rings. The van der Waals surface area contributed by atoms with Crippen molar-refractivity contribution in [2.45, 2.75) is 25.3 Å². The van der Waals surface area contributed by atoms with Crippen molar-refractivity contribution in [3.05, 3.63) is 28.7 Å². The van der Waals surface area contributed by atoms with E-state index in [4.69, 9.17) is 32.5 Å². The first-order valence-corrected chi connectivity index (χ1v) is 10.7. The van der Waals surface area contributed by atoms with Gasteiger partial charge in [0.2, 0.25) is 11.8 Å². The molecule has 0 radical (unpaired) electrons. The summed E-state index contributed by atoms with van der Waals surface area (Å²) in [7, 11) is 3.03. The number of aliphatic carboxylic acids is 1. The van der Waals surface area contributed by atoms with Crippen LogP contribution in [0.15, 0.2) is 23.1 Å². The molecule has 4 N–H and O–H groups in total. The molecule has 0 saturated carbocycles. The molecule has 1 aromatic carbocycles. The number of carbonyl (C=O) groups excluding carboxylic acids is 3. The number of primary amides is 1. The van der Waals surface area contributed by atoms with Gasteiger partial charge < -0.3 is 25.6 Å². The number of nitrogens with two attached hydrogens (primary N) is 1. The fourth-order valence-corrected chi connectivity index (χ4v) is 4.12. The van der Waals surface area contributed by atoms with Crippen LogP contribution in [-0.4, -0.2) is 64.8 Å². The van der Waals surface area contributed by atoms with Crippen molar-refractivity contribution in [3.8, 4) is 11.5 Å². The van der Waals surface area contributed by atoms with Crippen molar-refractivity contribution in [3.63, 3.8) is 0 Å². The number of amides is 3. The third kappa shape index (κ3) is 6.69. The lowest BCUT2D eigenvalue weighted by molar-refractivity contribution is -0.142. The molecule has 32 heavy (non-hydrogen) atoms. The molecule has 10 nitrogen and oxygen atoms in total. The topological polar surface area (TPSA) is 148 Å². The maximum absolute atomic E-state index is 12.7. The molecular weight excluding hydrogens is 458 g/mol. The Labute approximate surface area is 194 Å². The maximum atomic E-state index is 12.7. The average molecular weight is 482 g/mol. The normalized spacial score (nSPS) is 15.6. The second-order valence-electron chi connectivity index (χ2n) is 6.66. The second-order valence-corrected chi connectivity index (χ2v) is 8.34. The highest BCUT2D eigenvalue weighted by molar-refractivity contribution is 8.26. The Morgan fingerprint density at radius 1 is 1.25 bits per heavy atom. The molecule has 0 aromatic heterocycles. The fraction of sp³-hybridized carbons (Fsp3) is 0.350. The van der Waals surface area contributed by atoms with Gasteiger partial charge in [0.05, 0.1) is 19.1 Å². The van der Waals surface area contributed by atoms with Gasteiger partial charge in [-0.05, 0) is 30.2 Å². The first kappa shape index (κ1) is 25.1. The molecule has 0 bridgehead atoms. The number of thioether (sulfide) groups is 1. The van der Waals surface area contributed by atoms with Crippen LogP contribution in [0.2, 0.25) is 0 Å². The standard InChI is InChI=1S/C20H23N3O7S2/c1-29-13-5-3-11(9-14(13)30-2)10-15-18(26)23(20(31)32-15)8-7-17(25)22-12(19(27)28)4-6-16(21)24/h3,5,9-10,12H,4,6-8H2,1-2H3,(H2,21,24)(H,22,25)(H,27,28)/b15-10+. The van der Waals surface area contributed by atoms with Crippen molar-refractivity contribution in [2.75, 3.05) is 20.8 Å². The number of methoxy groups -OCH3 is 2. The third-order valence-electron chi connectivity index (χ3n) is 4.45. The summed E-state index contributed by atoms with van der Waals surface area (Å²) in [6.07, 6.45) is 1.21. The van der Waals surface area contributed by atoms with Crippen LogP contribution in [0.5, 0.6) is 11.5 Å². The Balaban J connectivity index is 2.01. The Bertz CT molecular complexity index is 965. The van der Waals surface area contributed by atoms with Crippen LogP contribution < -0.4 is 20.5 Å². The summed E-state index contributed by atoms with van der Waals surface area (Å²) in [5.41, 5.74) is 5.73. The molecule has 1 atom stereocenters. The van der Waals surface area contributed by atoms with Crippen LogP contribution in [0.4, 0.5) is 0 Å². The lowest BCUT2D eigenvalue weighted by Gasteiger charge is -2.16. The minimum atomic E-state index is -1.27. The summed E-state index contributed by atoms with van der Waals surface area (Å²) < 4.78 is 10.7. The summed E-state index contributed by atoms with van der Waals surface area (Å²) in [6.45, 7) is -0.0120. The SMILES string of the molecule is COc1ccc(/C=C2/SC(=S)N(CCC(=O)NC(CCC(N)=O)C(=O)O)C2=O)cc1OC. The van der Waals surface area contributed by atoms with E-state index in [9.17, 15) is 19.2 Å². The van der Waals surface area contributed by atoms with Crippen LogP contribution in [0.1, 0.15) is 24.8 Å². The molecule has 1 aliphatic heterocycles. The van der Waals surface area contributed by atoms with E-state index in [-0.39, 0.29) is 36.0 Å². The number of rotatable bonds is 11. The Morgan fingerprint density at radius 2 is 1.94 bits per heavy atom. The van der Waals surface area contributed by atoms with E-state index in [0.717, 1.165) is 11.8 Å². The minimum Gasteiger partial charge on any atom is -0.493 e. The minimum absolute atomic E-state index is 0.0120. The lowest BCUT2D eigenvalue weighted by Crippen LogP contribution is -2.42. The third-order valence-corrected chi connectivity index (χ3v) is 5.83. The highest BCUT2D eigenvalue weighted by Gasteiger charge is 2.32. The molecule has 0 spiro atoms. The number of thiocarbonyl (C=S) groups is 1. The zero-order chi connectivity index (χ0) is 23.8. The average Bonchev–Trinajstić information content (AvgIpc) is 3.01. The van der Waals surface area contributed by atoms with Gasteiger partial charge in [0.15, 0.2) is 11.5 Å². The second kappa shape index (κ2) is 11.5. The molecule has 12 heteroatoms. The Morgan fingerprint density at radius 3 is 2.53 bits per heavy atom. The van der Waals surface area contributed by atoms with Gasteiger partial charge in [-0.2, -0.15) is 0 Å². The fourth-order valence-electron chi connectivity index (χ4n) is 2.81. The van der Waals surface area contributed by atoms with E-state index in [1.165, 1.54) is 19.1 Å². The van der Waals surface area contributed by atoms with Crippen LogP contribution >= 0.6 is 24.0 Å². The number of ether oxygens (including phenoxy) is 2. The van der Waals surface area contributed by atoms with Crippen molar-refractivity contribution in [1.29, 1.82) is 0 Å². The van der Waals surface area contributed by atoms with Crippen LogP contribution in [0, 0.1) is 0 Å². The van der Waals surface area contributed by atoms with E-state index < -0.39 is 23.8 Å². The summed E-state index contributed by atoms with van der Waals surface area (Å²) in [5, 5.41) is 11.5. The van der Waals surface area contributed by atoms with E-state index in [1.807, 2.05) is 0 Å². The predicted octanol–water partition coefficient (Wildman–Crippen LogP) is 1.13. The predicted molar refractivity (Wildman–Crippen MR) is 122 cm³/mol. The molecule has 3 amide bonds. The monoisotopic (exact) mass is 481 g/mol. The highest BCUT2D eigenvalue weighted by Crippen LogP contribution is 2.34. The van der Waals surface area contributed by atoms with Gasteiger partial charge in [0.1, 0.15) is 10.4 Å². The number of hydrogen-bond donors (Lipinski definition) is 3. The van der Waals surface area contributed by atoms with Gasteiger partial charge >= 0.3 is 5.97 Å². The van der Waals surface area contributed by atoms with E-state index >= 15 is 0 Å². The molecule has 0 aliphatic carbocycles. The summed E-state index contributed by atoms with van der Waals surface area (Å²) in [5.74, 6) is -1.81. The molecule has 2 rings (SSSR count). The number of hydrogen-bond acceptors (Lipinski definition) is 8. The largest absolute Gasteiger partial charge is 0.493 e. The molecular formula is C20H23N3O7S2. The van der Waals surface area contributed by atoms with Gasteiger partial charge in [-0.15, -0.1) is 0 Å². The number of carboxylic acid groups (broad SMARTS) is 1.